The molecule has 30 heavy (non-hydrogen) atoms. The molecular formula is C23H23BrN2O3S. The summed E-state index contributed by atoms with van der Waals surface area (Å²) in [6.07, 6.45) is 1.40. The number of hydrogen-bond acceptors (Lipinski definition) is 4. The van der Waals surface area contributed by atoms with Crippen LogP contribution in [-0.2, 0) is 0 Å². The number of anilines is 1. The number of carbonyl (C=O) groups excluding carboxylic acids is 1. The van der Waals surface area contributed by atoms with Gasteiger partial charge in [0.1, 0.15) is 5.75 Å². The molecule has 3 aromatic rings. The monoisotopic (exact) mass is 486 g/mol. The van der Waals surface area contributed by atoms with Gasteiger partial charge in [-0.05, 0) is 70.6 Å². The average Bonchev–Trinajstić information content (AvgIpc) is 2.76. The number of aliphatic hydroxyl groups excluding tert-OH is 1. The van der Waals surface area contributed by atoms with Gasteiger partial charge in [0.25, 0.3) is 5.91 Å². The Kier molecular flexibility index (Phi) is 7.79. The standard InChI is InChI=1S/C23H23BrN2O3S/c1-29-21-12-11-17(15-19(21)24)22(28)25-23(30)26(13-4-5-14-27)20-10-6-8-16-7-2-3-9-18(16)20/h2-3,6-12,15,27H,4-5,13-14H2,1H3,(H,25,28,30). The highest BCUT2D eigenvalue weighted by Gasteiger charge is 2.18. The van der Waals surface area contributed by atoms with Crippen LogP contribution in [0.25, 0.3) is 10.8 Å². The van der Waals surface area contributed by atoms with Crippen molar-refractivity contribution in [2.45, 2.75) is 12.8 Å². The first-order valence-electron chi connectivity index (χ1n) is 9.60. The van der Waals surface area contributed by atoms with Crippen LogP contribution >= 0.6 is 28.1 Å². The molecule has 1 amide bonds. The van der Waals surface area contributed by atoms with Gasteiger partial charge in [0.05, 0.1) is 17.3 Å². The van der Waals surface area contributed by atoms with E-state index in [2.05, 4.69) is 21.2 Å². The summed E-state index contributed by atoms with van der Waals surface area (Å²) in [6, 6.07) is 19.2. The zero-order valence-corrected chi connectivity index (χ0v) is 19.0. The van der Waals surface area contributed by atoms with Gasteiger partial charge in [-0.25, -0.2) is 0 Å². The largest absolute Gasteiger partial charge is 0.496 e. The van der Waals surface area contributed by atoms with E-state index in [1.165, 1.54) is 0 Å². The molecule has 0 heterocycles. The molecule has 5 nitrogen and oxygen atoms in total. The first-order valence-corrected chi connectivity index (χ1v) is 10.8. The highest BCUT2D eigenvalue weighted by atomic mass is 79.9. The number of nitrogens with zero attached hydrogens (tertiary/aromatic N) is 1. The van der Waals surface area contributed by atoms with Gasteiger partial charge in [-0.3, -0.25) is 10.1 Å². The predicted molar refractivity (Wildman–Crippen MR) is 128 cm³/mol. The van der Waals surface area contributed by atoms with Crippen molar-refractivity contribution in [1.29, 1.82) is 0 Å². The summed E-state index contributed by atoms with van der Waals surface area (Å²) in [7, 11) is 1.57. The lowest BCUT2D eigenvalue weighted by Crippen LogP contribution is -2.43. The molecule has 3 rings (SSSR count). The van der Waals surface area contributed by atoms with Gasteiger partial charge in [0.2, 0.25) is 0 Å². The van der Waals surface area contributed by atoms with Gasteiger partial charge >= 0.3 is 0 Å². The van der Waals surface area contributed by atoms with Gasteiger partial charge in [0, 0.05) is 24.1 Å². The van der Waals surface area contributed by atoms with Crippen LogP contribution in [0.3, 0.4) is 0 Å². The normalized spacial score (nSPS) is 10.6. The molecule has 0 aliphatic carbocycles. The topological polar surface area (TPSA) is 61.8 Å². The number of fused-ring (bicyclic) bond motifs is 1. The van der Waals surface area contributed by atoms with Gasteiger partial charge < -0.3 is 14.7 Å². The molecule has 3 aromatic carbocycles. The van der Waals surface area contributed by atoms with E-state index in [9.17, 15) is 9.90 Å². The highest BCUT2D eigenvalue weighted by molar-refractivity contribution is 9.10. The van der Waals surface area contributed by atoms with Crippen molar-refractivity contribution in [1.82, 2.24) is 5.32 Å². The second kappa shape index (κ2) is 10.5. The third-order valence-corrected chi connectivity index (χ3v) is 5.67. The predicted octanol–water partition coefficient (Wildman–Crippen LogP) is 4.90. The summed E-state index contributed by atoms with van der Waals surface area (Å²) < 4.78 is 5.91. The SMILES string of the molecule is COc1ccc(C(=O)NC(=S)N(CCCCO)c2cccc3ccccc23)cc1Br. The summed E-state index contributed by atoms with van der Waals surface area (Å²) in [5.41, 5.74) is 1.39. The summed E-state index contributed by atoms with van der Waals surface area (Å²) in [5.74, 6) is 0.353. The molecular weight excluding hydrogens is 464 g/mol. The van der Waals surface area contributed by atoms with E-state index < -0.39 is 0 Å². The number of amides is 1. The van der Waals surface area contributed by atoms with Crippen molar-refractivity contribution in [2.24, 2.45) is 0 Å². The number of methoxy groups -OCH3 is 1. The lowest BCUT2D eigenvalue weighted by Gasteiger charge is -2.27. The van der Waals surface area contributed by atoms with Gasteiger partial charge in [-0.1, -0.05) is 36.4 Å². The summed E-state index contributed by atoms with van der Waals surface area (Å²) in [6.45, 7) is 0.697. The number of aliphatic hydroxyl groups is 1. The lowest BCUT2D eigenvalue weighted by atomic mass is 10.1. The van der Waals surface area contributed by atoms with E-state index in [1.807, 2.05) is 47.4 Å². The van der Waals surface area contributed by atoms with Crippen molar-refractivity contribution in [3.05, 3.63) is 70.7 Å². The third-order valence-electron chi connectivity index (χ3n) is 4.73. The van der Waals surface area contributed by atoms with Crippen LogP contribution in [0.15, 0.2) is 65.1 Å². The molecule has 156 valence electrons. The van der Waals surface area contributed by atoms with Crippen molar-refractivity contribution < 1.29 is 14.6 Å². The Morgan fingerprint density at radius 3 is 2.63 bits per heavy atom. The smallest absolute Gasteiger partial charge is 0.257 e. The summed E-state index contributed by atoms with van der Waals surface area (Å²) >= 11 is 9.03. The number of unbranched alkanes of at least 4 members (excludes halogenated alkanes) is 1. The number of nitrogens with one attached hydrogen (secondary N) is 1. The number of halogens is 1. The van der Waals surface area contributed by atoms with Crippen LogP contribution in [0.4, 0.5) is 5.69 Å². The summed E-state index contributed by atoms with van der Waals surface area (Å²) in [4.78, 5) is 14.7. The number of ether oxygens (including phenoxy) is 1. The average molecular weight is 487 g/mol. The molecule has 0 atom stereocenters. The van der Waals surface area contributed by atoms with Crippen LogP contribution in [0, 0.1) is 0 Å². The maximum atomic E-state index is 12.8. The Hall–Kier alpha value is -2.48. The Balaban J connectivity index is 1.87. The molecule has 7 heteroatoms. The number of hydrogen-bond donors (Lipinski definition) is 2. The third kappa shape index (κ3) is 5.16. The van der Waals surface area contributed by atoms with E-state index in [0.717, 1.165) is 22.9 Å². The van der Waals surface area contributed by atoms with Crippen LogP contribution in [0.2, 0.25) is 0 Å². The molecule has 2 N–H and O–H groups in total. The quantitative estimate of drug-likeness (QED) is 0.367. The van der Waals surface area contributed by atoms with E-state index >= 15 is 0 Å². The van der Waals surface area contributed by atoms with Gasteiger partial charge in [0.15, 0.2) is 5.11 Å². The zero-order valence-electron chi connectivity index (χ0n) is 16.6. The maximum Gasteiger partial charge on any atom is 0.257 e. The Bertz CT molecular complexity index is 1050. The molecule has 0 fully saturated rings. The fourth-order valence-corrected chi connectivity index (χ4v) is 4.02. The second-order valence-electron chi connectivity index (χ2n) is 6.69. The first-order chi connectivity index (χ1) is 14.5. The maximum absolute atomic E-state index is 12.8. The number of carbonyl (C=O) groups is 1. The Labute approximate surface area is 189 Å². The van der Waals surface area contributed by atoms with Crippen LogP contribution < -0.4 is 15.0 Å². The van der Waals surface area contributed by atoms with E-state index in [4.69, 9.17) is 17.0 Å². The zero-order chi connectivity index (χ0) is 21.5. The van der Waals surface area contributed by atoms with E-state index in [1.54, 1.807) is 25.3 Å². The molecule has 0 aliphatic rings. The number of benzene rings is 3. The first kappa shape index (κ1) is 22.2. The number of rotatable bonds is 7. The van der Waals surface area contributed by atoms with Gasteiger partial charge in [-0.15, -0.1) is 0 Å². The minimum absolute atomic E-state index is 0.113. The van der Waals surface area contributed by atoms with Crippen molar-refractivity contribution in [3.63, 3.8) is 0 Å². The van der Waals surface area contributed by atoms with E-state index in [-0.39, 0.29) is 12.5 Å². The van der Waals surface area contributed by atoms with Crippen molar-refractivity contribution >= 4 is 55.6 Å². The lowest BCUT2D eigenvalue weighted by molar-refractivity contribution is 0.0977. The number of thiocarbonyl (C=S) groups is 1. The molecule has 0 radical (unpaired) electrons. The fourth-order valence-electron chi connectivity index (χ4n) is 3.20. The van der Waals surface area contributed by atoms with Crippen LogP contribution in [-0.4, -0.2) is 36.4 Å². The van der Waals surface area contributed by atoms with Crippen molar-refractivity contribution in [3.8, 4) is 5.75 Å². The highest BCUT2D eigenvalue weighted by Crippen LogP contribution is 2.28. The molecule has 0 bridgehead atoms. The molecule has 0 saturated heterocycles. The Morgan fingerprint density at radius 1 is 1.13 bits per heavy atom. The molecule has 0 aliphatic heterocycles. The van der Waals surface area contributed by atoms with Gasteiger partial charge in [-0.2, -0.15) is 0 Å². The second-order valence-corrected chi connectivity index (χ2v) is 7.93. The van der Waals surface area contributed by atoms with Crippen molar-refractivity contribution in [2.75, 3.05) is 25.2 Å². The molecule has 0 spiro atoms. The fraction of sp³-hybridized carbons (Fsp3) is 0.217. The molecule has 0 unspecified atom stereocenters. The minimum atomic E-state index is -0.296. The molecule has 0 saturated carbocycles. The summed E-state index contributed by atoms with van der Waals surface area (Å²) in [5, 5.41) is 14.5. The van der Waals surface area contributed by atoms with Crippen LogP contribution in [0.5, 0.6) is 5.75 Å². The van der Waals surface area contributed by atoms with E-state index in [0.29, 0.717) is 33.9 Å². The Morgan fingerprint density at radius 2 is 1.90 bits per heavy atom. The van der Waals surface area contributed by atoms with Crippen LogP contribution in [0.1, 0.15) is 23.2 Å². The molecule has 0 aromatic heterocycles. The minimum Gasteiger partial charge on any atom is -0.496 e.